The number of hydrogen-bond donors (Lipinski definition) is 1. The summed E-state index contributed by atoms with van der Waals surface area (Å²) in [6, 6.07) is 0. The molecule has 9 nitrogen and oxygen atoms in total. The molecule has 0 aromatic heterocycles. The number of allylic oxidation sites excluding steroid dienone is 10. The van der Waals surface area contributed by atoms with Gasteiger partial charge in [-0.2, -0.15) is 0 Å². The minimum Gasteiger partial charge on any atom is -0.477 e. The lowest BCUT2D eigenvalue weighted by Crippen LogP contribution is -2.40. The number of carbonyl (C=O) groups excluding carboxylic acids is 2. The number of ether oxygens (including phenoxy) is 4. The largest absolute Gasteiger partial charge is 0.477 e. The van der Waals surface area contributed by atoms with Gasteiger partial charge >= 0.3 is 17.9 Å². The highest BCUT2D eigenvalue weighted by molar-refractivity contribution is 5.71. The van der Waals surface area contributed by atoms with Crippen LogP contribution >= 0.6 is 0 Å². The summed E-state index contributed by atoms with van der Waals surface area (Å²) in [5.74, 6) is -1.97. The van der Waals surface area contributed by atoms with Crippen LogP contribution in [0.2, 0.25) is 0 Å². The number of carboxylic acids is 1. The first-order valence-electron chi connectivity index (χ1n) is 44.5. The number of likely N-dealkylation sites (N-methyl/N-ethyl adjacent to an activating group) is 1. The normalized spacial score (nSPS) is 12.8. The SMILES string of the molecule is CC/C=C\C/C=C\C/C=C\C/C=C\C/C=C\CCCCCCCCCCCCCCCCCCCCCC(=O)OC(COC(=O)CCCCCCCCCCCCCCCCCCCCCCCCCCCCCCCCCCCCCCCCCCC)COC(OCC[N+](C)(C)C)C(=O)O. The van der Waals surface area contributed by atoms with Gasteiger partial charge in [-0.15, -0.1) is 0 Å². The maximum absolute atomic E-state index is 13.0. The van der Waals surface area contributed by atoms with Crippen molar-refractivity contribution in [3.63, 3.8) is 0 Å². The van der Waals surface area contributed by atoms with E-state index in [9.17, 15) is 19.5 Å². The highest BCUT2D eigenvalue weighted by atomic mass is 16.7. The Labute approximate surface area is 628 Å². The van der Waals surface area contributed by atoms with Crippen molar-refractivity contribution in [2.24, 2.45) is 0 Å². The molecule has 0 spiro atoms. The molecule has 0 amide bonds. The van der Waals surface area contributed by atoms with Gasteiger partial charge in [0.25, 0.3) is 6.29 Å². The number of esters is 2. The fourth-order valence-corrected chi connectivity index (χ4v) is 13.6. The van der Waals surface area contributed by atoms with Crippen LogP contribution in [0.25, 0.3) is 0 Å². The zero-order valence-corrected chi connectivity index (χ0v) is 68.1. The lowest BCUT2D eigenvalue weighted by molar-refractivity contribution is -0.870. The first-order valence-corrected chi connectivity index (χ1v) is 44.5. The topological polar surface area (TPSA) is 108 Å². The summed E-state index contributed by atoms with van der Waals surface area (Å²) in [5, 5.41) is 9.79. The zero-order valence-electron chi connectivity index (χ0n) is 68.1. The average molecular weight is 1420 g/mol. The highest BCUT2D eigenvalue weighted by Crippen LogP contribution is 2.21. The molecule has 592 valence electrons. The van der Waals surface area contributed by atoms with Gasteiger partial charge in [0, 0.05) is 12.8 Å². The van der Waals surface area contributed by atoms with E-state index in [4.69, 9.17) is 18.9 Å². The Hall–Kier alpha value is -3.01. The van der Waals surface area contributed by atoms with Gasteiger partial charge in [0.2, 0.25) is 0 Å². The van der Waals surface area contributed by atoms with Gasteiger partial charge < -0.3 is 28.5 Å². The quantitative estimate of drug-likeness (QED) is 0.0211. The smallest absolute Gasteiger partial charge is 0.361 e. The Balaban J connectivity index is 3.90. The molecule has 0 saturated heterocycles. The monoisotopic (exact) mass is 1420 g/mol. The maximum Gasteiger partial charge on any atom is 0.361 e. The minimum atomic E-state index is -1.51. The van der Waals surface area contributed by atoms with Crippen molar-refractivity contribution >= 4 is 17.9 Å². The lowest BCUT2D eigenvalue weighted by atomic mass is 10.0. The van der Waals surface area contributed by atoms with Crippen molar-refractivity contribution in [2.75, 3.05) is 47.5 Å². The predicted molar refractivity (Wildman–Crippen MR) is 438 cm³/mol. The number of carbonyl (C=O) groups is 3. The number of hydrogen-bond acceptors (Lipinski definition) is 7. The van der Waals surface area contributed by atoms with Gasteiger partial charge in [0.15, 0.2) is 6.10 Å². The van der Waals surface area contributed by atoms with Crippen LogP contribution in [0.3, 0.4) is 0 Å². The van der Waals surface area contributed by atoms with Gasteiger partial charge in [-0.05, 0) is 57.8 Å². The molecule has 0 aromatic rings. The Morgan fingerprint density at radius 1 is 0.307 bits per heavy atom. The van der Waals surface area contributed by atoms with E-state index in [1.54, 1.807) is 0 Å². The van der Waals surface area contributed by atoms with Crippen LogP contribution < -0.4 is 0 Å². The number of quaternary nitrogens is 1. The van der Waals surface area contributed by atoms with Gasteiger partial charge in [0.05, 0.1) is 34.4 Å². The van der Waals surface area contributed by atoms with E-state index < -0.39 is 18.4 Å². The number of rotatable bonds is 84. The van der Waals surface area contributed by atoms with Crippen molar-refractivity contribution in [3.8, 4) is 0 Å². The molecule has 1 N–H and O–H groups in total. The average Bonchev–Trinajstić information content (AvgIpc) is 1.25. The van der Waals surface area contributed by atoms with E-state index in [1.165, 1.54) is 353 Å². The third kappa shape index (κ3) is 84.1. The van der Waals surface area contributed by atoms with Crippen LogP contribution in [-0.2, 0) is 33.3 Å². The molecule has 2 atom stereocenters. The Kier molecular flexibility index (Phi) is 80.2. The minimum absolute atomic E-state index is 0.176. The molecular formula is C92H172NO8+. The molecule has 0 rings (SSSR count). The predicted octanol–water partition coefficient (Wildman–Crippen LogP) is 28.9. The third-order valence-electron chi connectivity index (χ3n) is 20.3. The standard InChI is InChI=1S/C92H171NO8/c1-6-8-10-12-14-16-18-20-22-24-26-28-30-32-34-36-38-40-42-43-44-45-46-47-49-50-52-54-56-58-60-62-64-66-68-70-72-74-76-78-80-82-89(94)99-86-88(87-100-92(91(96)97)98-85-84-93(3,4)5)101-90(95)83-81-79-77-75-73-71-69-67-65-63-61-59-57-55-53-51-48-41-39-37-35-33-31-29-27-25-23-21-19-17-15-13-11-9-7-2/h9,11,15,17,21,23,27,29,33,35,88,92H,6-8,10,12-14,16,18-20,22,24-26,28,30-32,34,36-87H2,1-5H3/p+1/b11-9-,17-15-,23-21-,29-27-,35-33-. The Morgan fingerprint density at radius 3 is 0.842 bits per heavy atom. The van der Waals surface area contributed by atoms with Gasteiger partial charge in [0.1, 0.15) is 13.2 Å². The van der Waals surface area contributed by atoms with Crippen LogP contribution in [0, 0.1) is 0 Å². The van der Waals surface area contributed by atoms with Crippen LogP contribution in [-0.4, -0.2) is 87.4 Å². The number of unbranched alkanes of at least 4 members (excludes halogenated alkanes) is 59. The van der Waals surface area contributed by atoms with Crippen LogP contribution in [0.5, 0.6) is 0 Å². The number of nitrogens with zero attached hydrogens (tertiary/aromatic N) is 1. The van der Waals surface area contributed by atoms with Crippen LogP contribution in [0.15, 0.2) is 60.8 Å². The summed E-state index contributed by atoms with van der Waals surface area (Å²) in [5.41, 5.74) is 0. The van der Waals surface area contributed by atoms with E-state index in [-0.39, 0.29) is 38.2 Å². The van der Waals surface area contributed by atoms with E-state index in [2.05, 4.69) is 74.6 Å². The third-order valence-corrected chi connectivity index (χ3v) is 20.3. The summed E-state index contributed by atoms with van der Waals surface area (Å²) in [4.78, 5) is 37.8. The van der Waals surface area contributed by atoms with Gasteiger partial charge in [-0.3, -0.25) is 9.59 Å². The molecule has 9 heteroatoms. The van der Waals surface area contributed by atoms with E-state index >= 15 is 0 Å². The van der Waals surface area contributed by atoms with E-state index in [1.807, 2.05) is 21.1 Å². The lowest BCUT2D eigenvalue weighted by Gasteiger charge is -2.25. The first kappa shape index (κ1) is 98.0. The van der Waals surface area contributed by atoms with Crippen molar-refractivity contribution < 1.29 is 42.9 Å². The van der Waals surface area contributed by atoms with Crippen molar-refractivity contribution in [1.82, 2.24) is 0 Å². The van der Waals surface area contributed by atoms with E-state index in [0.717, 1.165) is 70.6 Å². The van der Waals surface area contributed by atoms with Crippen LogP contribution in [0.4, 0.5) is 0 Å². The number of aliphatic carboxylic acids is 1. The molecule has 0 aliphatic carbocycles. The second-order valence-electron chi connectivity index (χ2n) is 31.5. The summed E-state index contributed by atoms with van der Waals surface area (Å²) in [7, 11) is 6.00. The summed E-state index contributed by atoms with van der Waals surface area (Å²) in [6.07, 6.45) is 109. The maximum atomic E-state index is 13.0. The summed E-state index contributed by atoms with van der Waals surface area (Å²) < 4.78 is 23.1. The molecule has 0 bridgehead atoms. The molecule has 0 heterocycles. The second-order valence-corrected chi connectivity index (χ2v) is 31.5. The van der Waals surface area contributed by atoms with Gasteiger partial charge in [-0.25, -0.2) is 4.79 Å². The molecule has 0 aliphatic heterocycles. The molecular weight excluding hydrogens is 1250 g/mol. The fourth-order valence-electron chi connectivity index (χ4n) is 13.6. The first-order chi connectivity index (χ1) is 49.6. The highest BCUT2D eigenvalue weighted by Gasteiger charge is 2.25. The molecule has 101 heavy (non-hydrogen) atoms. The number of carboxylic acid groups (broad SMARTS) is 1. The van der Waals surface area contributed by atoms with Gasteiger partial charge in [-0.1, -0.05) is 441 Å². The molecule has 0 aliphatic rings. The summed E-state index contributed by atoms with van der Waals surface area (Å²) in [6.45, 7) is 4.85. The van der Waals surface area contributed by atoms with E-state index in [0.29, 0.717) is 17.4 Å². The molecule has 0 aromatic carbocycles. The van der Waals surface area contributed by atoms with Crippen LogP contribution in [0.1, 0.15) is 450 Å². The van der Waals surface area contributed by atoms with Crippen molar-refractivity contribution in [1.29, 1.82) is 0 Å². The Bertz CT molecular complexity index is 1850. The zero-order chi connectivity index (χ0) is 73.2. The van der Waals surface area contributed by atoms with Crippen molar-refractivity contribution in [3.05, 3.63) is 60.8 Å². The molecule has 0 saturated carbocycles. The molecule has 2 unspecified atom stereocenters. The fraction of sp³-hybridized carbons (Fsp3) is 0.859. The molecule has 0 radical (unpaired) electrons. The van der Waals surface area contributed by atoms with Crippen molar-refractivity contribution in [2.45, 2.75) is 463 Å². The second kappa shape index (κ2) is 82.6. The molecule has 0 fully saturated rings. The summed E-state index contributed by atoms with van der Waals surface area (Å²) >= 11 is 0. The Morgan fingerprint density at radius 2 is 0.564 bits per heavy atom.